The SMILES string of the molecule is Cc1cc(C(CCC2CC3C=CC2C3)c2cc(C)cc(C(C)(C)C)c2O)c(O)c(C(C)(C)C)c1. The molecule has 0 aromatic heterocycles. The van der Waals surface area contributed by atoms with Crippen LogP contribution in [0.2, 0.25) is 0 Å². The first-order chi connectivity index (χ1) is 15.8. The standard InChI is InChI=1S/C32H44O2/c1-19-13-25(29(33)27(15-19)31(3,4)5)24(12-11-23-18-21-9-10-22(23)17-21)26-14-20(2)16-28(30(26)34)32(6,7)8/h9-10,13-16,21-24,33-34H,11-12,17-18H2,1-8H3. The van der Waals surface area contributed by atoms with Crippen LogP contribution in [0.3, 0.4) is 0 Å². The molecule has 2 nitrogen and oxygen atoms in total. The number of phenolic OH excluding ortho intramolecular Hbond substituents is 2. The van der Waals surface area contributed by atoms with Gasteiger partial charge >= 0.3 is 0 Å². The van der Waals surface area contributed by atoms with Crippen LogP contribution in [-0.2, 0) is 10.8 Å². The Bertz CT molecular complexity index is 1020. The molecular formula is C32H44O2. The zero-order chi connectivity index (χ0) is 25.0. The molecular weight excluding hydrogens is 416 g/mol. The molecule has 0 saturated heterocycles. The van der Waals surface area contributed by atoms with Gasteiger partial charge < -0.3 is 10.2 Å². The van der Waals surface area contributed by atoms with E-state index in [0.29, 0.717) is 23.3 Å². The van der Waals surface area contributed by atoms with E-state index in [1.54, 1.807) is 0 Å². The van der Waals surface area contributed by atoms with Gasteiger partial charge in [-0.05, 0) is 79.2 Å². The number of allylic oxidation sites excluding steroid dienone is 2. The van der Waals surface area contributed by atoms with Crippen molar-refractivity contribution in [3.8, 4) is 11.5 Å². The lowest BCUT2D eigenvalue weighted by molar-refractivity contribution is 0.382. The fraction of sp³-hybridized carbons (Fsp3) is 0.562. The van der Waals surface area contributed by atoms with Gasteiger partial charge in [-0.2, -0.15) is 0 Å². The number of fused-ring (bicyclic) bond motifs is 2. The molecule has 2 aromatic rings. The first-order valence-electron chi connectivity index (χ1n) is 13.1. The topological polar surface area (TPSA) is 40.5 Å². The molecule has 2 aromatic carbocycles. The maximum atomic E-state index is 11.6. The van der Waals surface area contributed by atoms with Crippen molar-refractivity contribution in [3.05, 3.63) is 69.8 Å². The van der Waals surface area contributed by atoms with Gasteiger partial charge in [-0.1, -0.05) is 89.1 Å². The number of aromatic hydroxyl groups is 2. The van der Waals surface area contributed by atoms with Crippen molar-refractivity contribution in [2.75, 3.05) is 0 Å². The van der Waals surface area contributed by atoms with E-state index in [2.05, 4.69) is 91.8 Å². The van der Waals surface area contributed by atoms with Crippen LogP contribution in [0.5, 0.6) is 11.5 Å². The smallest absolute Gasteiger partial charge is 0.123 e. The minimum absolute atomic E-state index is 0.0369. The summed E-state index contributed by atoms with van der Waals surface area (Å²) in [4.78, 5) is 0. The molecule has 34 heavy (non-hydrogen) atoms. The summed E-state index contributed by atoms with van der Waals surface area (Å²) < 4.78 is 0. The predicted octanol–water partition coefficient (Wildman–Crippen LogP) is 8.43. The van der Waals surface area contributed by atoms with Crippen LogP contribution in [0.4, 0.5) is 0 Å². The Balaban J connectivity index is 1.83. The summed E-state index contributed by atoms with van der Waals surface area (Å²) in [7, 11) is 0. The van der Waals surface area contributed by atoms with Crippen molar-refractivity contribution in [2.45, 2.75) is 97.8 Å². The molecule has 1 saturated carbocycles. The molecule has 2 N–H and O–H groups in total. The van der Waals surface area contributed by atoms with Crippen molar-refractivity contribution in [2.24, 2.45) is 17.8 Å². The Kier molecular flexibility index (Phi) is 6.42. The third kappa shape index (κ3) is 4.79. The second kappa shape index (κ2) is 8.77. The second-order valence-electron chi connectivity index (χ2n) is 13.2. The lowest BCUT2D eigenvalue weighted by atomic mass is 9.75. The van der Waals surface area contributed by atoms with E-state index in [4.69, 9.17) is 0 Å². The summed E-state index contributed by atoms with van der Waals surface area (Å²) in [6.45, 7) is 17.2. The van der Waals surface area contributed by atoms with Gasteiger partial charge in [0.25, 0.3) is 0 Å². The molecule has 3 atom stereocenters. The van der Waals surface area contributed by atoms with Crippen molar-refractivity contribution >= 4 is 0 Å². The van der Waals surface area contributed by atoms with Crippen LogP contribution >= 0.6 is 0 Å². The Morgan fingerprint density at radius 2 is 1.26 bits per heavy atom. The summed E-state index contributed by atoms with van der Waals surface area (Å²) >= 11 is 0. The first-order valence-corrected chi connectivity index (χ1v) is 13.1. The van der Waals surface area contributed by atoms with Crippen LogP contribution in [0.1, 0.15) is 107 Å². The molecule has 3 unspecified atom stereocenters. The predicted molar refractivity (Wildman–Crippen MR) is 143 cm³/mol. The van der Waals surface area contributed by atoms with Crippen LogP contribution in [0, 0.1) is 31.6 Å². The molecule has 2 aliphatic carbocycles. The molecule has 0 radical (unpaired) electrons. The number of aryl methyl sites for hydroxylation is 2. The number of hydrogen-bond donors (Lipinski definition) is 2. The van der Waals surface area contributed by atoms with Crippen molar-refractivity contribution in [3.63, 3.8) is 0 Å². The van der Waals surface area contributed by atoms with Crippen molar-refractivity contribution < 1.29 is 10.2 Å². The van der Waals surface area contributed by atoms with Crippen LogP contribution < -0.4 is 0 Å². The van der Waals surface area contributed by atoms with Gasteiger partial charge in [-0.3, -0.25) is 0 Å². The lowest BCUT2D eigenvalue weighted by Gasteiger charge is -2.30. The highest BCUT2D eigenvalue weighted by Crippen LogP contribution is 2.50. The van der Waals surface area contributed by atoms with Crippen molar-refractivity contribution in [1.29, 1.82) is 0 Å². The molecule has 4 rings (SSSR count). The van der Waals surface area contributed by atoms with Gasteiger partial charge in [0.15, 0.2) is 0 Å². The largest absolute Gasteiger partial charge is 0.507 e. The Labute approximate surface area is 207 Å². The number of benzene rings is 2. The van der Waals surface area contributed by atoms with Crippen molar-refractivity contribution in [1.82, 2.24) is 0 Å². The summed E-state index contributed by atoms with van der Waals surface area (Å²) in [6.07, 6.45) is 9.48. The monoisotopic (exact) mass is 460 g/mol. The maximum absolute atomic E-state index is 11.6. The number of rotatable bonds is 5. The molecule has 0 amide bonds. The number of hydrogen-bond acceptors (Lipinski definition) is 2. The van der Waals surface area contributed by atoms with Gasteiger partial charge in [0.1, 0.15) is 11.5 Å². The lowest BCUT2D eigenvalue weighted by Crippen LogP contribution is -2.16. The third-order valence-electron chi connectivity index (χ3n) is 8.18. The average molecular weight is 461 g/mol. The van der Waals surface area contributed by atoms with Crippen LogP contribution in [0.15, 0.2) is 36.4 Å². The van der Waals surface area contributed by atoms with E-state index in [1.165, 1.54) is 12.8 Å². The highest BCUT2D eigenvalue weighted by atomic mass is 16.3. The minimum atomic E-state index is -0.157. The average Bonchev–Trinajstić information content (AvgIpc) is 3.34. The normalized spacial score (nSPS) is 22.2. The van der Waals surface area contributed by atoms with E-state index in [0.717, 1.165) is 52.1 Å². The first kappa shape index (κ1) is 24.9. The summed E-state index contributed by atoms with van der Waals surface area (Å²) in [6, 6.07) is 8.53. The van der Waals surface area contributed by atoms with E-state index < -0.39 is 0 Å². The highest BCUT2D eigenvalue weighted by molar-refractivity contribution is 5.56. The van der Waals surface area contributed by atoms with Gasteiger partial charge in [-0.25, -0.2) is 0 Å². The molecule has 0 heterocycles. The molecule has 184 valence electrons. The maximum Gasteiger partial charge on any atom is 0.123 e. The Hall–Kier alpha value is -2.22. The number of phenols is 2. The van der Waals surface area contributed by atoms with Crippen LogP contribution in [0.25, 0.3) is 0 Å². The molecule has 0 spiro atoms. The Morgan fingerprint density at radius 3 is 1.65 bits per heavy atom. The van der Waals surface area contributed by atoms with Crippen LogP contribution in [-0.4, -0.2) is 10.2 Å². The molecule has 0 aliphatic heterocycles. The van der Waals surface area contributed by atoms with Gasteiger partial charge in [0.2, 0.25) is 0 Å². The third-order valence-corrected chi connectivity index (χ3v) is 8.18. The van der Waals surface area contributed by atoms with Gasteiger partial charge in [-0.15, -0.1) is 0 Å². The van der Waals surface area contributed by atoms with E-state index in [9.17, 15) is 10.2 Å². The molecule has 1 fully saturated rings. The Morgan fingerprint density at radius 1 is 0.765 bits per heavy atom. The second-order valence-corrected chi connectivity index (χ2v) is 13.2. The summed E-state index contributed by atoms with van der Waals surface area (Å²) in [5.74, 6) is 2.93. The molecule has 2 heteroatoms. The highest BCUT2D eigenvalue weighted by Gasteiger charge is 2.37. The van der Waals surface area contributed by atoms with E-state index in [-0.39, 0.29) is 16.7 Å². The fourth-order valence-electron chi connectivity index (χ4n) is 6.37. The molecule has 2 bridgehead atoms. The minimum Gasteiger partial charge on any atom is -0.507 e. The van der Waals surface area contributed by atoms with Gasteiger partial charge in [0.05, 0.1) is 0 Å². The molecule has 2 aliphatic rings. The summed E-state index contributed by atoms with van der Waals surface area (Å²) in [5.41, 5.74) is 5.90. The van der Waals surface area contributed by atoms with Gasteiger partial charge in [0, 0.05) is 17.0 Å². The fourth-order valence-corrected chi connectivity index (χ4v) is 6.37. The summed E-state index contributed by atoms with van der Waals surface area (Å²) in [5, 5.41) is 23.1. The van der Waals surface area contributed by atoms with E-state index >= 15 is 0 Å². The zero-order valence-corrected chi connectivity index (χ0v) is 22.5. The zero-order valence-electron chi connectivity index (χ0n) is 22.5. The van der Waals surface area contributed by atoms with E-state index in [1.807, 2.05) is 0 Å². The quantitative estimate of drug-likeness (QED) is 0.439.